The Hall–Kier alpha value is -2.41. The van der Waals surface area contributed by atoms with Crippen LogP contribution in [-0.2, 0) is 16.1 Å². The van der Waals surface area contributed by atoms with Crippen LogP contribution in [0.3, 0.4) is 0 Å². The molecular weight excluding hydrogens is 332 g/mol. The van der Waals surface area contributed by atoms with E-state index in [1.165, 1.54) is 5.56 Å². The molecule has 0 atom stereocenters. The molecule has 2 fully saturated rings. The minimum atomic E-state index is -0.481. The van der Waals surface area contributed by atoms with Crippen molar-refractivity contribution in [2.45, 2.75) is 19.4 Å². The molecule has 0 saturated carbocycles. The molecule has 0 spiro atoms. The van der Waals surface area contributed by atoms with E-state index in [0.29, 0.717) is 12.5 Å². The van der Waals surface area contributed by atoms with Gasteiger partial charge in [0.2, 0.25) is 5.91 Å². The second-order valence-electron chi connectivity index (χ2n) is 7.12. The average molecular weight is 358 g/mol. The second kappa shape index (κ2) is 8.31. The van der Waals surface area contributed by atoms with E-state index in [2.05, 4.69) is 34.5 Å². The van der Waals surface area contributed by atoms with E-state index in [4.69, 9.17) is 0 Å². The summed E-state index contributed by atoms with van der Waals surface area (Å²) in [6.45, 7) is 3.49. The van der Waals surface area contributed by atoms with E-state index in [-0.39, 0.29) is 24.9 Å². The molecule has 26 heavy (non-hydrogen) atoms. The zero-order valence-electron chi connectivity index (χ0n) is 15.2. The summed E-state index contributed by atoms with van der Waals surface area (Å²) in [5, 5.41) is 2.43. The van der Waals surface area contributed by atoms with Gasteiger partial charge in [0.05, 0.1) is 6.54 Å². The predicted molar refractivity (Wildman–Crippen MR) is 97.2 cm³/mol. The third-order valence-electron chi connectivity index (χ3n) is 5.14. The largest absolute Gasteiger partial charge is 0.344 e. The third kappa shape index (κ3) is 4.60. The fourth-order valence-corrected chi connectivity index (χ4v) is 3.53. The molecule has 1 aromatic carbocycles. The van der Waals surface area contributed by atoms with Crippen LogP contribution >= 0.6 is 0 Å². The van der Waals surface area contributed by atoms with Gasteiger partial charge in [0.25, 0.3) is 5.91 Å². The molecule has 7 nitrogen and oxygen atoms in total. The molecule has 0 unspecified atom stereocenters. The van der Waals surface area contributed by atoms with Crippen LogP contribution in [-0.4, -0.2) is 72.3 Å². The van der Waals surface area contributed by atoms with Crippen molar-refractivity contribution in [3.63, 3.8) is 0 Å². The van der Waals surface area contributed by atoms with E-state index in [1.807, 2.05) is 6.07 Å². The Balaban J connectivity index is 1.41. The van der Waals surface area contributed by atoms with Gasteiger partial charge in [-0.05, 0) is 37.4 Å². The number of urea groups is 1. The van der Waals surface area contributed by atoms with E-state index >= 15 is 0 Å². The minimum absolute atomic E-state index is 0.0182. The first-order valence-corrected chi connectivity index (χ1v) is 9.11. The lowest BCUT2D eigenvalue weighted by molar-refractivity contribution is -0.136. The van der Waals surface area contributed by atoms with Crippen molar-refractivity contribution >= 4 is 17.8 Å². The first kappa shape index (κ1) is 18.4. The highest BCUT2D eigenvalue weighted by molar-refractivity contribution is 6.04. The number of carbonyl (C=O) groups is 3. The van der Waals surface area contributed by atoms with E-state index in [9.17, 15) is 14.4 Å². The lowest BCUT2D eigenvalue weighted by Crippen LogP contribution is -2.44. The lowest BCUT2D eigenvalue weighted by Gasteiger charge is -2.34. The Bertz CT molecular complexity index is 640. The fourth-order valence-electron chi connectivity index (χ4n) is 3.53. The summed E-state index contributed by atoms with van der Waals surface area (Å²) in [7, 11) is 1.75. The smallest absolute Gasteiger partial charge is 0.325 e. The van der Waals surface area contributed by atoms with Gasteiger partial charge >= 0.3 is 6.03 Å². The van der Waals surface area contributed by atoms with E-state index < -0.39 is 6.03 Å². The number of carbonyl (C=O) groups excluding carboxylic acids is 3. The summed E-state index contributed by atoms with van der Waals surface area (Å²) in [5.41, 5.74) is 1.33. The maximum Gasteiger partial charge on any atom is 0.325 e. The van der Waals surface area contributed by atoms with Gasteiger partial charge in [-0.15, -0.1) is 0 Å². The maximum absolute atomic E-state index is 12.3. The summed E-state index contributed by atoms with van der Waals surface area (Å²) in [4.78, 5) is 40.5. The van der Waals surface area contributed by atoms with E-state index in [1.54, 1.807) is 11.9 Å². The van der Waals surface area contributed by atoms with Gasteiger partial charge in [-0.25, -0.2) is 4.79 Å². The SMILES string of the molecule is CN(CC1CCN(Cc2ccccc2)CC1)C(=O)CN1C(=O)CNC1=O. The fraction of sp³-hybridized carbons (Fsp3) is 0.526. The van der Waals surface area contributed by atoms with Crippen LogP contribution in [0.5, 0.6) is 0 Å². The molecule has 2 saturated heterocycles. The number of nitrogens with zero attached hydrogens (tertiary/aromatic N) is 3. The lowest BCUT2D eigenvalue weighted by atomic mass is 9.96. The number of hydrogen-bond donors (Lipinski definition) is 1. The van der Waals surface area contributed by atoms with Crippen molar-refractivity contribution in [3.8, 4) is 0 Å². The first-order chi connectivity index (χ1) is 12.5. The molecule has 0 aliphatic carbocycles. The average Bonchev–Trinajstić information content (AvgIpc) is 2.96. The topological polar surface area (TPSA) is 73.0 Å². The number of amides is 4. The van der Waals surface area contributed by atoms with Crippen LogP contribution in [0, 0.1) is 5.92 Å². The van der Waals surface area contributed by atoms with Gasteiger partial charge in [0.15, 0.2) is 0 Å². The molecule has 1 aromatic rings. The standard InChI is InChI=1S/C19H26N4O3/c1-21(18(25)14-23-17(24)11-20-19(23)26)12-16-7-9-22(10-8-16)13-15-5-3-2-4-6-15/h2-6,16H,7-14H2,1H3,(H,20,26). The van der Waals surface area contributed by atoms with Crippen molar-refractivity contribution < 1.29 is 14.4 Å². The molecule has 0 bridgehead atoms. The Morgan fingerprint density at radius 1 is 1.19 bits per heavy atom. The quantitative estimate of drug-likeness (QED) is 0.767. The monoisotopic (exact) mass is 358 g/mol. The molecule has 4 amide bonds. The molecular formula is C19H26N4O3. The molecule has 7 heteroatoms. The number of imide groups is 1. The number of nitrogens with one attached hydrogen (secondary N) is 1. The van der Waals surface area contributed by atoms with Crippen LogP contribution in [0.2, 0.25) is 0 Å². The number of piperidine rings is 1. The van der Waals surface area contributed by atoms with Crippen LogP contribution in [0.1, 0.15) is 18.4 Å². The van der Waals surface area contributed by atoms with Crippen LogP contribution < -0.4 is 5.32 Å². The van der Waals surface area contributed by atoms with Crippen LogP contribution in [0.25, 0.3) is 0 Å². The Morgan fingerprint density at radius 2 is 1.88 bits per heavy atom. The second-order valence-corrected chi connectivity index (χ2v) is 7.12. The molecule has 2 aliphatic rings. The third-order valence-corrected chi connectivity index (χ3v) is 5.14. The van der Waals surface area contributed by atoms with Crippen molar-refractivity contribution in [2.75, 3.05) is 39.8 Å². The van der Waals surface area contributed by atoms with Gasteiger partial charge in [-0.1, -0.05) is 30.3 Å². The molecule has 140 valence electrons. The first-order valence-electron chi connectivity index (χ1n) is 9.11. The highest BCUT2D eigenvalue weighted by Crippen LogP contribution is 2.20. The van der Waals surface area contributed by atoms with Crippen LogP contribution in [0.4, 0.5) is 4.79 Å². The number of benzene rings is 1. The summed E-state index contributed by atoms with van der Waals surface area (Å²) in [6.07, 6.45) is 2.10. The summed E-state index contributed by atoms with van der Waals surface area (Å²) in [6, 6.07) is 9.97. The molecule has 1 N–H and O–H groups in total. The minimum Gasteiger partial charge on any atom is -0.344 e. The van der Waals surface area contributed by atoms with Crippen molar-refractivity contribution in [1.29, 1.82) is 0 Å². The highest BCUT2D eigenvalue weighted by atomic mass is 16.2. The Labute approximate surface area is 153 Å². The number of likely N-dealkylation sites (tertiary alicyclic amines) is 1. The zero-order chi connectivity index (χ0) is 18.5. The summed E-state index contributed by atoms with van der Waals surface area (Å²) in [5.74, 6) is -0.0767. The molecule has 3 rings (SSSR count). The summed E-state index contributed by atoms with van der Waals surface area (Å²) >= 11 is 0. The highest BCUT2D eigenvalue weighted by Gasteiger charge is 2.31. The number of hydrogen-bond acceptors (Lipinski definition) is 4. The van der Waals surface area contributed by atoms with Gasteiger partial charge in [-0.2, -0.15) is 0 Å². The van der Waals surface area contributed by atoms with Gasteiger partial charge in [0, 0.05) is 20.1 Å². The van der Waals surface area contributed by atoms with Crippen molar-refractivity contribution in [3.05, 3.63) is 35.9 Å². The normalized spacial score (nSPS) is 18.9. The Kier molecular flexibility index (Phi) is 5.88. The maximum atomic E-state index is 12.3. The predicted octanol–water partition coefficient (Wildman–Crippen LogP) is 0.909. The zero-order valence-corrected chi connectivity index (χ0v) is 15.2. The van der Waals surface area contributed by atoms with Gasteiger partial charge < -0.3 is 10.2 Å². The Morgan fingerprint density at radius 3 is 2.50 bits per heavy atom. The van der Waals surface area contributed by atoms with Crippen molar-refractivity contribution in [2.24, 2.45) is 5.92 Å². The van der Waals surface area contributed by atoms with Gasteiger partial charge in [-0.3, -0.25) is 19.4 Å². The molecule has 0 aromatic heterocycles. The van der Waals surface area contributed by atoms with Gasteiger partial charge in [0.1, 0.15) is 6.54 Å². The van der Waals surface area contributed by atoms with E-state index in [0.717, 1.165) is 37.4 Å². The molecule has 2 heterocycles. The molecule has 0 radical (unpaired) electrons. The van der Waals surface area contributed by atoms with Crippen LogP contribution in [0.15, 0.2) is 30.3 Å². The number of likely N-dealkylation sites (N-methyl/N-ethyl adjacent to an activating group) is 1. The van der Waals surface area contributed by atoms with Crippen molar-refractivity contribution in [1.82, 2.24) is 20.0 Å². The molecule has 2 aliphatic heterocycles. The number of rotatable bonds is 6. The summed E-state index contributed by atoms with van der Waals surface area (Å²) < 4.78 is 0.